The van der Waals surface area contributed by atoms with Gasteiger partial charge >= 0.3 is 0 Å². The molecule has 4 heteroatoms. The standard InChI is InChI=1S/C24H22N2O2/c1-16-8-10-18(11-9-16)20-6-3-7-21-22(15-17(2)26-23(20)21)24(27)25-13-12-19-5-4-14-28-19/h3-11,14-15H,12-13H2,1-2H3,(H,25,27). The first-order valence-corrected chi connectivity index (χ1v) is 9.40. The maximum absolute atomic E-state index is 12.9. The zero-order valence-electron chi connectivity index (χ0n) is 16.0. The number of furan rings is 1. The van der Waals surface area contributed by atoms with E-state index in [1.54, 1.807) is 6.26 Å². The number of amides is 1. The lowest BCUT2D eigenvalue weighted by molar-refractivity contribution is 0.0955. The van der Waals surface area contributed by atoms with Gasteiger partial charge in [-0.2, -0.15) is 0 Å². The van der Waals surface area contributed by atoms with Crippen molar-refractivity contribution in [1.82, 2.24) is 10.3 Å². The first kappa shape index (κ1) is 18.0. The third-order valence-electron chi connectivity index (χ3n) is 4.81. The van der Waals surface area contributed by atoms with E-state index >= 15 is 0 Å². The van der Waals surface area contributed by atoms with Gasteiger partial charge in [0.2, 0.25) is 0 Å². The Morgan fingerprint density at radius 3 is 2.61 bits per heavy atom. The number of carbonyl (C=O) groups excluding carboxylic acids is 1. The molecule has 28 heavy (non-hydrogen) atoms. The number of benzene rings is 2. The lowest BCUT2D eigenvalue weighted by Gasteiger charge is -2.12. The molecule has 4 aromatic rings. The molecule has 2 aromatic heterocycles. The minimum absolute atomic E-state index is 0.0943. The Labute approximate surface area is 164 Å². The Bertz CT molecular complexity index is 1110. The molecule has 0 spiro atoms. The van der Waals surface area contributed by atoms with Gasteiger partial charge in [0.25, 0.3) is 5.91 Å². The molecular formula is C24H22N2O2. The Balaban J connectivity index is 1.68. The molecule has 1 N–H and O–H groups in total. The lowest BCUT2D eigenvalue weighted by Crippen LogP contribution is -2.26. The average Bonchev–Trinajstić information content (AvgIpc) is 3.21. The fourth-order valence-electron chi connectivity index (χ4n) is 3.38. The molecule has 140 valence electrons. The molecule has 0 atom stereocenters. The quantitative estimate of drug-likeness (QED) is 0.533. The fourth-order valence-corrected chi connectivity index (χ4v) is 3.38. The predicted molar refractivity (Wildman–Crippen MR) is 111 cm³/mol. The fraction of sp³-hybridized carbons (Fsp3) is 0.167. The summed E-state index contributed by atoms with van der Waals surface area (Å²) in [6.07, 6.45) is 2.30. The van der Waals surface area contributed by atoms with Gasteiger partial charge in [-0.05, 0) is 37.6 Å². The number of aryl methyl sites for hydroxylation is 2. The second-order valence-corrected chi connectivity index (χ2v) is 6.96. The second-order valence-electron chi connectivity index (χ2n) is 6.96. The van der Waals surface area contributed by atoms with Crippen LogP contribution in [0.15, 0.2) is 71.3 Å². The molecule has 0 radical (unpaired) electrons. The van der Waals surface area contributed by atoms with Gasteiger partial charge in [0.05, 0.1) is 17.3 Å². The zero-order valence-corrected chi connectivity index (χ0v) is 16.0. The van der Waals surface area contributed by atoms with Crippen LogP contribution in [0.3, 0.4) is 0 Å². The minimum atomic E-state index is -0.0943. The molecule has 2 aromatic carbocycles. The zero-order chi connectivity index (χ0) is 19.5. The van der Waals surface area contributed by atoms with E-state index in [4.69, 9.17) is 9.40 Å². The van der Waals surface area contributed by atoms with Crippen LogP contribution < -0.4 is 5.32 Å². The Morgan fingerprint density at radius 2 is 1.86 bits per heavy atom. The van der Waals surface area contributed by atoms with Crippen LogP contribution in [-0.4, -0.2) is 17.4 Å². The summed E-state index contributed by atoms with van der Waals surface area (Å²) in [5, 5.41) is 3.86. The van der Waals surface area contributed by atoms with Crippen molar-refractivity contribution in [3.63, 3.8) is 0 Å². The first-order chi connectivity index (χ1) is 13.6. The molecule has 4 rings (SSSR count). The van der Waals surface area contributed by atoms with Crippen molar-refractivity contribution in [2.24, 2.45) is 0 Å². The van der Waals surface area contributed by atoms with Crippen molar-refractivity contribution < 1.29 is 9.21 Å². The van der Waals surface area contributed by atoms with Crippen LogP contribution >= 0.6 is 0 Å². The van der Waals surface area contributed by atoms with Gasteiger partial charge in [-0.1, -0.05) is 48.0 Å². The Kier molecular flexibility index (Phi) is 4.94. The Hall–Kier alpha value is -3.40. The summed E-state index contributed by atoms with van der Waals surface area (Å²) in [5.41, 5.74) is 5.66. The smallest absolute Gasteiger partial charge is 0.252 e. The summed E-state index contributed by atoms with van der Waals surface area (Å²) < 4.78 is 5.32. The molecule has 0 bridgehead atoms. The number of nitrogens with zero attached hydrogens (tertiary/aromatic N) is 1. The molecule has 0 unspecified atom stereocenters. The molecule has 0 saturated heterocycles. The van der Waals surface area contributed by atoms with Crippen LogP contribution in [0.5, 0.6) is 0 Å². The van der Waals surface area contributed by atoms with E-state index in [0.717, 1.165) is 33.5 Å². The number of nitrogens with one attached hydrogen (secondary N) is 1. The van der Waals surface area contributed by atoms with Crippen LogP contribution in [-0.2, 0) is 6.42 Å². The van der Waals surface area contributed by atoms with Crippen molar-refractivity contribution >= 4 is 16.8 Å². The molecule has 0 aliphatic rings. The van der Waals surface area contributed by atoms with Crippen molar-refractivity contribution in [3.05, 3.63) is 89.5 Å². The maximum Gasteiger partial charge on any atom is 0.252 e. The highest BCUT2D eigenvalue weighted by Gasteiger charge is 2.15. The third-order valence-corrected chi connectivity index (χ3v) is 4.81. The monoisotopic (exact) mass is 370 g/mol. The van der Waals surface area contributed by atoms with E-state index in [1.165, 1.54) is 5.56 Å². The molecule has 0 aliphatic carbocycles. The minimum Gasteiger partial charge on any atom is -0.469 e. The highest BCUT2D eigenvalue weighted by Crippen LogP contribution is 2.29. The topological polar surface area (TPSA) is 55.1 Å². The van der Waals surface area contributed by atoms with Gasteiger partial charge < -0.3 is 9.73 Å². The van der Waals surface area contributed by atoms with Gasteiger partial charge in [-0.3, -0.25) is 9.78 Å². The van der Waals surface area contributed by atoms with E-state index < -0.39 is 0 Å². The normalized spacial score (nSPS) is 10.9. The van der Waals surface area contributed by atoms with Gasteiger partial charge in [0, 0.05) is 29.6 Å². The molecule has 4 nitrogen and oxygen atoms in total. The van der Waals surface area contributed by atoms with Crippen LogP contribution in [0.4, 0.5) is 0 Å². The third kappa shape index (κ3) is 3.67. The summed E-state index contributed by atoms with van der Waals surface area (Å²) in [7, 11) is 0. The maximum atomic E-state index is 12.9. The second kappa shape index (κ2) is 7.69. The van der Waals surface area contributed by atoms with Gasteiger partial charge in [0.1, 0.15) is 5.76 Å². The molecule has 0 aliphatic heterocycles. The summed E-state index contributed by atoms with van der Waals surface area (Å²) in [6.45, 7) is 4.51. The number of pyridine rings is 1. The summed E-state index contributed by atoms with van der Waals surface area (Å²) in [4.78, 5) is 17.6. The summed E-state index contributed by atoms with van der Waals surface area (Å²) in [6, 6.07) is 20.0. The van der Waals surface area contributed by atoms with Crippen LogP contribution in [0.25, 0.3) is 22.0 Å². The number of para-hydroxylation sites is 1. The lowest BCUT2D eigenvalue weighted by atomic mass is 9.98. The van der Waals surface area contributed by atoms with Crippen molar-refractivity contribution in [1.29, 1.82) is 0 Å². The number of carbonyl (C=O) groups is 1. The van der Waals surface area contributed by atoms with Crippen LogP contribution in [0.1, 0.15) is 27.4 Å². The van der Waals surface area contributed by atoms with Crippen molar-refractivity contribution in [3.8, 4) is 11.1 Å². The molecular weight excluding hydrogens is 348 g/mol. The van der Waals surface area contributed by atoms with E-state index in [9.17, 15) is 4.79 Å². The summed E-state index contributed by atoms with van der Waals surface area (Å²) in [5.74, 6) is 0.765. The molecule has 1 amide bonds. The van der Waals surface area contributed by atoms with Crippen molar-refractivity contribution in [2.45, 2.75) is 20.3 Å². The highest BCUT2D eigenvalue weighted by molar-refractivity contribution is 6.09. The molecule has 0 fully saturated rings. The van der Waals surface area contributed by atoms with Crippen LogP contribution in [0.2, 0.25) is 0 Å². The number of hydrogen-bond acceptors (Lipinski definition) is 3. The number of fused-ring (bicyclic) bond motifs is 1. The number of aromatic nitrogens is 1. The molecule has 0 saturated carbocycles. The average molecular weight is 370 g/mol. The number of rotatable bonds is 5. The molecule has 2 heterocycles. The van der Waals surface area contributed by atoms with Crippen LogP contribution in [0, 0.1) is 13.8 Å². The Morgan fingerprint density at radius 1 is 1.04 bits per heavy atom. The highest BCUT2D eigenvalue weighted by atomic mass is 16.3. The van der Waals surface area contributed by atoms with E-state index in [2.05, 4.69) is 42.6 Å². The summed E-state index contributed by atoms with van der Waals surface area (Å²) >= 11 is 0. The van der Waals surface area contributed by atoms with Crippen molar-refractivity contribution in [2.75, 3.05) is 6.54 Å². The van der Waals surface area contributed by atoms with E-state index in [1.807, 2.05) is 37.3 Å². The van der Waals surface area contributed by atoms with E-state index in [-0.39, 0.29) is 5.91 Å². The number of hydrogen-bond donors (Lipinski definition) is 1. The SMILES string of the molecule is Cc1ccc(-c2cccc3c(C(=O)NCCc4ccco4)cc(C)nc23)cc1. The van der Waals surface area contributed by atoms with Gasteiger partial charge in [0.15, 0.2) is 0 Å². The van der Waals surface area contributed by atoms with Gasteiger partial charge in [-0.15, -0.1) is 0 Å². The van der Waals surface area contributed by atoms with Gasteiger partial charge in [-0.25, -0.2) is 0 Å². The largest absolute Gasteiger partial charge is 0.469 e. The first-order valence-electron chi connectivity index (χ1n) is 9.40. The predicted octanol–water partition coefficient (Wildman–Crippen LogP) is 5.08. The van der Waals surface area contributed by atoms with E-state index in [0.29, 0.717) is 18.5 Å².